The molecule has 0 aliphatic rings. The Labute approximate surface area is 136 Å². The highest BCUT2D eigenvalue weighted by Crippen LogP contribution is 2.25. The minimum atomic E-state index is -1.54. The number of esters is 1. The molecule has 6 heteroatoms. The van der Waals surface area contributed by atoms with Crippen LogP contribution in [0.25, 0.3) is 10.8 Å². The Morgan fingerprint density at radius 2 is 1.74 bits per heavy atom. The number of benzene rings is 2. The van der Waals surface area contributed by atoms with Crippen LogP contribution in [0.1, 0.15) is 20.8 Å². The summed E-state index contributed by atoms with van der Waals surface area (Å²) in [4.78, 5) is 13.8. The third-order valence-electron chi connectivity index (χ3n) is 3.41. The van der Waals surface area contributed by atoms with Crippen LogP contribution in [0.15, 0.2) is 36.4 Å². The Balaban J connectivity index is 2.33. The zero-order valence-electron chi connectivity index (χ0n) is 13.9. The van der Waals surface area contributed by atoms with Crippen molar-refractivity contribution in [2.75, 3.05) is 18.5 Å². The summed E-state index contributed by atoms with van der Waals surface area (Å²) in [5.74, 6) is -0.310. The van der Waals surface area contributed by atoms with E-state index < -0.39 is 12.7 Å². The van der Waals surface area contributed by atoms with Crippen molar-refractivity contribution in [1.82, 2.24) is 0 Å². The van der Waals surface area contributed by atoms with E-state index >= 15 is 0 Å². The van der Waals surface area contributed by atoms with E-state index in [0.717, 1.165) is 16.5 Å². The molecule has 2 N–H and O–H groups in total. The molecule has 0 fully saturated rings. The van der Waals surface area contributed by atoms with Crippen molar-refractivity contribution in [2.45, 2.75) is 26.4 Å². The summed E-state index contributed by atoms with van der Waals surface area (Å²) in [6, 6.07) is 10.9. The number of fused-ring (bicyclic) bond motifs is 1. The number of hydrogen-bond acceptors (Lipinski definition) is 5. The van der Waals surface area contributed by atoms with Crippen LogP contribution in [-0.4, -0.2) is 42.3 Å². The van der Waals surface area contributed by atoms with Gasteiger partial charge in [-0.2, -0.15) is 0 Å². The number of anilines is 1. The maximum absolute atomic E-state index is 12.0. The summed E-state index contributed by atoms with van der Waals surface area (Å²) in [5.41, 5.74) is 0.746. The predicted octanol–water partition coefficient (Wildman–Crippen LogP) is 1.30. The number of carbonyl (C=O) groups is 1. The van der Waals surface area contributed by atoms with Gasteiger partial charge in [-0.15, -0.1) is 0 Å². The summed E-state index contributed by atoms with van der Waals surface area (Å²) >= 11 is 0. The maximum atomic E-state index is 12.0. The van der Waals surface area contributed by atoms with E-state index in [-0.39, 0.29) is 12.5 Å². The summed E-state index contributed by atoms with van der Waals surface area (Å²) in [5, 5.41) is 20.6. The van der Waals surface area contributed by atoms with Crippen LogP contribution in [0, 0.1) is 0 Å². The number of likely N-dealkylation sites (N-methyl/N-ethyl adjacent to an activating group) is 1. The zero-order chi connectivity index (χ0) is 17.2. The van der Waals surface area contributed by atoms with Crippen LogP contribution >= 0.6 is 0 Å². The van der Waals surface area contributed by atoms with Crippen molar-refractivity contribution >= 4 is 35.0 Å². The van der Waals surface area contributed by atoms with Gasteiger partial charge in [0.15, 0.2) is 0 Å². The SMILES string of the molecule is CN(CC(=O)OC(C)(C)C)c1cccc2c(B(O)O)cccc12. The number of carbonyl (C=O) groups excluding carboxylic acids is 1. The van der Waals surface area contributed by atoms with E-state index in [0.29, 0.717) is 5.46 Å². The van der Waals surface area contributed by atoms with Gasteiger partial charge in [0.1, 0.15) is 12.1 Å². The lowest BCUT2D eigenvalue weighted by Crippen LogP contribution is -2.33. The number of ether oxygens (including phenoxy) is 1. The summed E-state index contributed by atoms with van der Waals surface area (Å²) in [6.45, 7) is 5.61. The Kier molecular flexibility index (Phi) is 4.97. The van der Waals surface area contributed by atoms with E-state index in [1.165, 1.54) is 0 Å². The fraction of sp³-hybridized carbons (Fsp3) is 0.353. The van der Waals surface area contributed by atoms with Gasteiger partial charge >= 0.3 is 13.1 Å². The van der Waals surface area contributed by atoms with Crippen molar-refractivity contribution in [3.63, 3.8) is 0 Å². The second-order valence-electron chi connectivity index (χ2n) is 6.54. The molecule has 0 unspecified atom stereocenters. The smallest absolute Gasteiger partial charge is 0.459 e. The third-order valence-corrected chi connectivity index (χ3v) is 3.41. The second kappa shape index (κ2) is 6.60. The van der Waals surface area contributed by atoms with E-state index in [9.17, 15) is 14.8 Å². The van der Waals surface area contributed by atoms with Gasteiger partial charge in [0, 0.05) is 18.1 Å². The van der Waals surface area contributed by atoms with Crippen LogP contribution < -0.4 is 10.4 Å². The molecule has 0 radical (unpaired) electrons. The summed E-state index contributed by atoms with van der Waals surface area (Å²) in [6.07, 6.45) is 0. The van der Waals surface area contributed by atoms with Crippen molar-refractivity contribution in [1.29, 1.82) is 0 Å². The van der Waals surface area contributed by atoms with E-state index in [2.05, 4.69) is 0 Å². The van der Waals surface area contributed by atoms with Gasteiger partial charge in [0.25, 0.3) is 0 Å². The molecule has 122 valence electrons. The highest BCUT2D eigenvalue weighted by atomic mass is 16.6. The molecule has 2 aromatic rings. The average molecular weight is 315 g/mol. The first-order chi connectivity index (χ1) is 10.7. The highest BCUT2D eigenvalue weighted by molar-refractivity contribution is 6.62. The monoisotopic (exact) mass is 315 g/mol. The molecule has 0 bridgehead atoms. The molecule has 0 spiro atoms. The number of hydrogen-bond donors (Lipinski definition) is 2. The summed E-state index contributed by atoms with van der Waals surface area (Å²) in [7, 11) is 0.269. The topological polar surface area (TPSA) is 70.0 Å². The molecule has 0 aliphatic heterocycles. The fourth-order valence-electron chi connectivity index (χ4n) is 2.53. The molecule has 0 saturated heterocycles. The standard InChI is InChI=1S/C17H22BNO4/c1-17(2,3)23-16(20)11-19(4)15-10-6-7-12-13(15)8-5-9-14(12)18(21)22/h5-10,21-22H,11H2,1-4H3. The van der Waals surface area contributed by atoms with Crippen LogP contribution in [0.3, 0.4) is 0 Å². The normalized spacial score (nSPS) is 11.4. The Morgan fingerprint density at radius 1 is 1.13 bits per heavy atom. The number of nitrogens with zero attached hydrogens (tertiary/aromatic N) is 1. The lowest BCUT2D eigenvalue weighted by molar-refractivity contribution is -0.152. The van der Waals surface area contributed by atoms with Gasteiger partial charge in [-0.1, -0.05) is 30.3 Å². The first-order valence-corrected chi connectivity index (χ1v) is 7.50. The van der Waals surface area contributed by atoms with Crippen molar-refractivity contribution in [2.24, 2.45) is 0 Å². The molecule has 0 aliphatic carbocycles. The lowest BCUT2D eigenvalue weighted by atomic mass is 9.77. The Morgan fingerprint density at radius 3 is 2.35 bits per heavy atom. The number of rotatable bonds is 4. The average Bonchev–Trinajstić information content (AvgIpc) is 2.43. The molecule has 0 aromatic heterocycles. The molecule has 0 saturated carbocycles. The van der Waals surface area contributed by atoms with Crippen molar-refractivity contribution < 1.29 is 19.6 Å². The first-order valence-electron chi connectivity index (χ1n) is 7.50. The Bertz CT molecular complexity index is 709. The molecule has 0 amide bonds. The quantitative estimate of drug-likeness (QED) is 0.657. The largest absolute Gasteiger partial charge is 0.489 e. The summed E-state index contributed by atoms with van der Waals surface area (Å²) < 4.78 is 5.34. The maximum Gasteiger partial charge on any atom is 0.489 e. The van der Waals surface area contributed by atoms with Gasteiger partial charge in [0.05, 0.1) is 0 Å². The third kappa shape index (κ3) is 4.24. The van der Waals surface area contributed by atoms with Gasteiger partial charge in [-0.25, -0.2) is 0 Å². The molecule has 2 aromatic carbocycles. The predicted molar refractivity (Wildman–Crippen MR) is 92.9 cm³/mol. The van der Waals surface area contributed by atoms with Crippen LogP contribution in [-0.2, 0) is 9.53 Å². The van der Waals surface area contributed by atoms with Crippen molar-refractivity contribution in [3.05, 3.63) is 36.4 Å². The molecule has 0 atom stereocenters. The first kappa shape index (κ1) is 17.3. The van der Waals surface area contributed by atoms with Gasteiger partial charge < -0.3 is 19.7 Å². The molecule has 2 rings (SSSR count). The Hall–Kier alpha value is -2.05. The molecular formula is C17H22BNO4. The molecule has 5 nitrogen and oxygen atoms in total. The fourth-order valence-corrected chi connectivity index (χ4v) is 2.53. The van der Waals surface area contributed by atoms with Crippen molar-refractivity contribution in [3.8, 4) is 0 Å². The molecule has 23 heavy (non-hydrogen) atoms. The highest BCUT2D eigenvalue weighted by Gasteiger charge is 2.20. The molecule has 0 heterocycles. The minimum absolute atomic E-state index is 0.113. The lowest BCUT2D eigenvalue weighted by Gasteiger charge is -2.24. The minimum Gasteiger partial charge on any atom is -0.459 e. The van der Waals surface area contributed by atoms with Gasteiger partial charge in [-0.3, -0.25) is 4.79 Å². The van der Waals surface area contributed by atoms with Gasteiger partial charge in [-0.05, 0) is 37.7 Å². The second-order valence-corrected chi connectivity index (χ2v) is 6.54. The van der Waals surface area contributed by atoms with Crippen LogP contribution in [0.5, 0.6) is 0 Å². The van der Waals surface area contributed by atoms with E-state index in [4.69, 9.17) is 4.74 Å². The van der Waals surface area contributed by atoms with E-state index in [1.54, 1.807) is 24.1 Å². The van der Waals surface area contributed by atoms with E-state index in [1.807, 2.05) is 45.0 Å². The molecular weight excluding hydrogens is 293 g/mol. The zero-order valence-corrected chi connectivity index (χ0v) is 13.9. The van der Waals surface area contributed by atoms with Gasteiger partial charge in [0.2, 0.25) is 0 Å². The van der Waals surface area contributed by atoms with Crippen LogP contribution in [0.2, 0.25) is 0 Å². The van der Waals surface area contributed by atoms with Crippen LogP contribution in [0.4, 0.5) is 5.69 Å².